The third-order valence-corrected chi connectivity index (χ3v) is 5.77. The quantitative estimate of drug-likeness (QED) is 0.584. The van der Waals surface area contributed by atoms with Crippen molar-refractivity contribution < 1.29 is 13.2 Å². The van der Waals surface area contributed by atoms with Crippen molar-refractivity contribution in [2.75, 3.05) is 10.0 Å². The molecule has 3 aromatic rings. The van der Waals surface area contributed by atoms with E-state index < -0.39 is 10.0 Å². The molecule has 0 atom stereocenters. The smallest absolute Gasteiger partial charge is 0.263 e. The van der Waals surface area contributed by atoms with Crippen LogP contribution in [0.2, 0.25) is 5.02 Å². The summed E-state index contributed by atoms with van der Waals surface area (Å²) in [7, 11) is -3.72. The highest BCUT2D eigenvalue weighted by Crippen LogP contribution is 2.19. The molecule has 2 aromatic carbocycles. The average molecular weight is 420 g/mol. The normalized spacial score (nSPS) is 11.4. The highest BCUT2D eigenvalue weighted by molar-refractivity contribution is 7.93. The molecular formula is C18H14ClN3O3S2. The number of hydrogen-bond acceptors (Lipinski definition) is 5. The van der Waals surface area contributed by atoms with Crippen LogP contribution in [0.25, 0.3) is 6.08 Å². The van der Waals surface area contributed by atoms with Gasteiger partial charge in [-0.1, -0.05) is 23.7 Å². The van der Waals surface area contributed by atoms with Crippen LogP contribution in [0.5, 0.6) is 0 Å². The summed E-state index contributed by atoms with van der Waals surface area (Å²) in [5, 5.41) is 5.22. The van der Waals surface area contributed by atoms with Gasteiger partial charge in [0.2, 0.25) is 5.91 Å². The number of nitrogens with one attached hydrogen (secondary N) is 2. The number of anilines is 2. The van der Waals surface area contributed by atoms with Gasteiger partial charge in [-0.15, -0.1) is 11.3 Å². The number of sulfonamides is 1. The monoisotopic (exact) mass is 419 g/mol. The molecule has 0 spiro atoms. The number of hydrogen-bond donors (Lipinski definition) is 2. The van der Waals surface area contributed by atoms with Gasteiger partial charge in [0.25, 0.3) is 10.0 Å². The number of amides is 1. The van der Waals surface area contributed by atoms with Gasteiger partial charge in [-0.25, -0.2) is 13.4 Å². The minimum Gasteiger partial charge on any atom is -0.323 e. The number of benzene rings is 2. The molecule has 3 rings (SSSR count). The van der Waals surface area contributed by atoms with E-state index in [4.69, 9.17) is 11.6 Å². The van der Waals surface area contributed by atoms with Gasteiger partial charge in [-0.05, 0) is 48.0 Å². The summed E-state index contributed by atoms with van der Waals surface area (Å²) < 4.78 is 26.9. The topological polar surface area (TPSA) is 88.2 Å². The van der Waals surface area contributed by atoms with Crippen LogP contribution in [-0.2, 0) is 14.8 Å². The number of carbonyl (C=O) groups excluding carboxylic acids is 1. The fraction of sp³-hybridized carbons (Fsp3) is 0. The minimum absolute atomic E-state index is 0.0742. The molecular weight excluding hydrogens is 406 g/mol. The first kappa shape index (κ1) is 19.1. The molecule has 0 aliphatic heterocycles. The highest BCUT2D eigenvalue weighted by atomic mass is 35.5. The predicted molar refractivity (Wildman–Crippen MR) is 108 cm³/mol. The van der Waals surface area contributed by atoms with Crippen LogP contribution < -0.4 is 10.0 Å². The lowest BCUT2D eigenvalue weighted by Crippen LogP contribution is -2.13. The maximum Gasteiger partial charge on any atom is 0.263 e. The lowest BCUT2D eigenvalue weighted by Gasteiger charge is -2.07. The van der Waals surface area contributed by atoms with Crippen molar-refractivity contribution in [2.24, 2.45) is 0 Å². The Morgan fingerprint density at radius 1 is 1.15 bits per heavy atom. The zero-order valence-corrected chi connectivity index (χ0v) is 16.2. The van der Waals surface area contributed by atoms with E-state index in [-0.39, 0.29) is 10.8 Å². The third kappa shape index (κ3) is 5.40. The van der Waals surface area contributed by atoms with E-state index in [1.165, 1.54) is 47.9 Å². The Morgan fingerprint density at radius 3 is 2.59 bits per heavy atom. The summed E-state index contributed by atoms with van der Waals surface area (Å²) in [5.41, 5.74) is 1.27. The molecule has 0 saturated carbocycles. The first-order valence-corrected chi connectivity index (χ1v) is 10.4. The molecule has 0 saturated heterocycles. The van der Waals surface area contributed by atoms with Gasteiger partial charge in [0.1, 0.15) is 0 Å². The summed E-state index contributed by atoms with van der Waals surface area (Å²) in [6, 6.07) is 12.9. The number of aromatic nitrogens is 1. The predicted octanol–water partition coefficient (Wildman–Crippen LogP) is 4.25. The SMILES string of the molecule is O=C(/C=C\c1cccc(Cl)c1)Nc1ccc(S(=O)(=O)Nc2nccs2)cc1. The van der Waals surface area contributed by atoms with E-state index >= 15 is 0 Å². The van der Waals surface area contributed by atoms with E-state index in [0.717, 1.165) is 5.56 Å². The van der Waals surface area contributed by atoms with Crippen LogP contribution in [0.15, 0.2) is 71.1 Å². The molecule has 0 aliphatic carbocycles. The zero-order chi connectivity index (χ0) is 19.3. The second-order valence-corrected chi connectivity index (χ2v) is 8.36. The van der Waals surface area contributed by atoms with Crippen molar-refractivity contribution in [3.05, 3.63) is 76.8 Å². The Balaban J connectivity index is 1.64. The molecule has 1 aromatic heterocycles. The lowest BCUT2D eigenvalue weighted by atomic mass is 10.2. The number of nitrogens with zero attached hydrogens (tertiary/aromatic N) is 1. The molecule has 0 radical (unpaired) electrons. The van der Waals surface area contributed by atoms with E-state index in [2.05, 4.69) is 15.0 Å². The van der Waals surface area contributed by atoms with Crippen molar-refractivity contribution in [1.82, 2.24) is 4.98 Å². The number of rotatable bonds is 6. The largest absolute Gasteiger partial charge is 0.323 e. The fourth-order valence-electron chi connectivity index (χ4n) is 2.13. The number of thiazole rings is 1. The minimum atomic E-state index is -3.72. The van der Waals surface area contributed by atoms with Crippen LogP contribution in [0, 0.1) is 0 Å². The van der Waals surface area contributed by atoms with E-state index in [0.29, 0.717) is 15.8 Å². The van der Waals surface area contributed by atoms with E-state index in [9.17, 15) is 13.2 Å². The average Bonchev–Trinajstić information content (AvgIpc) is 3.13. The first-order valence-electron chi connectivity index (χ1n) is 7.69. The molecule has 6 nitrogen and oxygen atoms in total. The van der Waals surface area contributed by atoms with Crippen LogP contribution in [0.4, 0.5) is 10.8 Å². The fourth-order valence-corrected chi connectivity index (χ4v) is 4.12. The molecule has 1 heterocycles. The summed E-state index contributed by atoms with van der Waals surface area (Å²) in [5.74, 6) is -0.341. The molecule has 9 heteroatoms. The first-order chi connectivity index (χ1) is 12.9. The standard InChI is InChI=1S/C18H14ClN3O3S2/c19-14-3-1-2-13(12-14)4-9-17(23)21-15-5-7-16(8-6-15)27(24,25)22-18-20-10-11-26-18/h1-12H,(H,20,22)(H,21,23)/b9-4-. The van der Waals surface area contributed by atoms with Crippen molar-refractivity contribution in [2.45, 2.75) is 4.90 Å². The van der Waals surface area contributed by atoms with Gasteiger partial charge in [-0.2, -0.15) is 0 Å². The Hall–Kier alpha value is -2.68. The zero-order valence-electron chi connectivity index (χ0n) is 13.8. The molecule has 0 unspecified atom stereocenters. The Morgan fingerprint density at radius 2 is 1.93 bits per heavy atom. The number of halogens is 1. The second-order valence-electron chi connectivity index (χ2n) is 5.34. The van der Waals surface area contributed by atoms with Gasteiger partial charge >= 0.3 is 0 Å². The Labute approximate surface area is 165 Å². The number of carbonyl (C=O) groups is 1. The van der Waals surface area contributed by atoms with Gasteiger partial charge in [0, 0.05) is 28.4 Å². The maximum absolute atomic E-state index is 12.3. The van der Waals surface area contributed by atoms with Crippen LogP contribution in [0.1, 0.15) is 5.56 Å². The molecule has 1 amide bonds. The maximum atomic E-state index is 12.3. The second kappa shape index (κ2) is 8.34. The van der Waals surface area contributed by atoms with Crippen molar-refractivity contribution in [3.8, 4) is 0 Å². The molecule has 138 valence electrons. The van der Waals surface area contributed by atoms with Crippen molar-refractivity contribution >= 4 is 55.8 Å². The molecule has 0 bridgehead atoms. The highest BCUT2D eigenvalue weighted by Gasteiger charge is 2.15. The van der Waals surface area contributed by atoms with Crippen molar-refractivity contribution in [1.29, 1.82) is 0 Å². The van der Waals surface area contributed by atoms with E-state index in [1.54, 1.807) is 29.7 Å². The summed E-state index contributed by atoms with van der Waals surface area (Å²) in [6.45, 7) is 0. The summed E-state index contributed by atoms with van der Waals surface area (Å²) in [4.78, 5) is 16.0. The summed E-state index contributed by atoms with van der Waals surface area (Å²) in [6.07, 6.45) is 4.52. The third-order valence-electron chi connectivity index (χ3n) is 3.36. The van der Waals surface area contributed by atoms with Crippen LogP contribution >= 0.6 is 22.9 Å². The molecule has 0 aliphatic rings. The Kier molecular flexibility index (Phi) is 5.90. The molecule has 27 heavy (non-hydrogen) atoms. The van der Waals surface area contributed by atoms with Crippen LogP contribution in [-0.4, -0.2) is 19.3 Å². The van der Waals surface area contributed by atoms with Crippen molar-refractivity contribution in [3.63, 3.8) is 0 Å². The van der Waals surface area contributed by atoms with Gasteiger partial charge in [0.05, 0.1) is 4.90 Å². The van der Waals surface area contributed by atoms with Gasteiger partial charge < -0.3 is 5.32 Å². The Bertz CT molecular complexity index is 1060. The van der Waals surface area contributed by atoms with E-state index in [1.807, 2.05) is 6.07 Å². The van der Waals surface area contributed by atoms with Crippen LogP contribution in [0.3, 0.4) is 0 Å². The lowest BCUT2D eigenvalue weighted by molar-refractivity contribution is -0.111. The molecule has 2 N–H and O–H groups in total. The molecule has 0 fully saturated rings. The summed E-state index contributed by atoms with van der Waals surface area (Å²) >= 11 is 7.08. The van der Waals surface area contributed by atoms with Gasteiger partial charge in [-0.3, -0.25) is 9.52 Å². The van der Waals surface area contributed by atoms with Gasteiger partial charge in [0.15, 0.2) is 5.13 Å².